The van der Waals surface area contributed by atoms with E-state index in [1.165, 1.54) is 0 Å². The molecule has 3 aliphatic heterocycles. The summed E-state index contributed by atoms with van der Waals surface area (Å²) in [6.07, 6.45) is 5.53. The Morgan fingerprint density at radius 2 is 1.56 bits per heavy atom. The molecule has 0 aromatic heterocycles. The monoisotopic (exact) mass is 382 g/mol. The molecule has 0 aromatic rings. The van der Waals surface area contributed by atoms with E-state index in [1.54, 1.807) is 0 Å². The van der Waals surface area contributed by atoms with Crippen LogP contribution in [0.3, 0.4) is 0 Å². The molecule has 6 heteroatoms. The van der Waals surface area contributed by atoms with Crippen molar-refractivity contribution in [3.63, 3.8) is 0 Å². The number of epoxide rings is 3. The minimum atomic E-state index is -0.646. The van der Waals surface area contributed by atoms with Gasteiger partial charge in [-0.15, -0.1) is 6.58 Å². The molecule has 0 N–H and O–H groups in total. The molecule has 0 saturated carbocycles. The van der Waals surface area contributed by atoms with Gasteiger partial charge in [0.25, 0.3) is 0 Å². The molecule has 3 heterocycles. The summed E-state index contributed by atoms with van der Waals surface area (Å²) in [5.41, 5.74) is -0.984. The third-order valence-corrected chi connectivity index (χ3v) is 6.00. The van der Waals surface area contributed by atoms with Crippen molar-refractivity contribution >= 4 is 6.16 Å². The van der Waals surface area contributed by atoms with Crippen LogP contribution in [0.25, 0.3) is 0 Å². The van der Waals surface area contributed by atoms with Crippen molar-refractivity contribution in [2.75, 3.05) is 6.61 Å². The fourth-order valence-electron chi connectivity index (χ4n) is 3.65. The maximum absolute atomic E-state index is 11.6. The van der Waals surface area contributed by atoms with E-state index in [0.717, 1.165) is 25.7 Å². The molecule has 0 aromatic carbocycles. The van der Waals surface area contributed by atoms with Gasteiger partial charge in [0.05, 0.1) is 23.4 Å². The summed E-state index contributed by atoms with van der Waals surface area (Å²) in [6, 6.07) is 0. The lowest BCUT2D eigenvalue weighted by Crippen LogP contribution is -2.26. The van der Waals surface area contributed by atoms with Crippen LogP contribution in [0.15, 0.2) is 12.7 Å². The van der Waals surface area contributed by atoms with E-state index in [0.29, 0.717) is 0 Å². The molecule has 0 aliphatic carbocycles. The zero-order chi connectivity index (χ0) is 20.1. The van der Waals surface area contributed by atoms with E-state index in [1.807, 2.05) is 26.8 Å². The highest BCUT2D eigenvalue weighted by Gasteiger charge is 2.58. The van der Waals surface area contributed by atoms with Crippen LogP contribution in [-0.2, 0) is 23.7 Å². The average molecular weight is 382 g/mol. The Balaban J connectivity index is 1.31. The third-order valence-electron chi connectivity index (χ3n) is 6.00. The van der Waals surface area contributed by atoms with Gasteiger partial charge in [-0.3, -0.25) is 0 Å². The van der Waals surface area contributed by atoms with Crippen LogP contribution < -0.4 is 0 Å². The first kappa shape index (κ1) is 20.6. The highest BCUT2D eigenvalue weighted by atomic mass is 16.7. The highest BCUT2D eigenvalue weighted by molar-refractivity contribution is 5.60. The van der Waals surface area contributed by atoms with Gasteiger partial charge in [0.2, 0.25) is 0 Å². The molecule has 3 rings (SSSR count). The lowest BCUT2D eigenvalue weighted by molar-refractivity contribution is -0.00949. The molecule has 3 fully saturated rings. The molecule has 6 atom stereocenters. The van der Waals surface area contributed by atoms with Crippen LogP contribution >= 0.6 is 0 Å². The van der Waals surface area contributed by atoms with Crippen molar-refractivity contribution in [1.82, 2.24) is 0 Å². The van der Waals surface area contributed by atoms with Crippen LogP contribution in [0, 0.1) is 0 Å². The Hall–Kier alpha value is -1.11. The first-order valence-corrected chi connectivity index (χ1v) is 9.92. The number of hydrogen-bond acceptors (Lipinski definition) is 6. The summed E-state index contributed by atoms with van der Waals surface area (Å²) in [7, 11) is 0. The number of rotatable bonds is 9. The Bertz CT molecular complexity index is 598. The average Bonchev–Trinajstić information content (AvgIpc) is 3.47. The molecule has 0 bridgehead atoms. The smallest absolute Gasteiger partial charge is 0.431 e. The molecular weight excluding hydrogens is 348 g/mol. The van der Waals surface area contributed by atoms with Crippen molar-refractivity contribution < 1.29 is 28.5 Å². The first-order chi connectivity index (χ1) is 12.4. The van der Waals surface area contributed by atoms with Crippen LogP contribution in [0.5, 0.6) is 0 Å². The summed E-state index contributed by atoms with van der Waals surface area (Å²) in [5.74, 6) is 0. The summed E-state index contributed by atoms with van der Waals surface area (Å²) in [6.45, 7) is 15.8. The molecule has 0 unspecified atom stereocenters. The predicted molar refractivity (Wildman–Crippen MR) is 101 cm³/mol. The lowest BCUT2D eigenvalue weighted by Gasteiger charge is -2.18. The molecule has 0 radical (unpaired) electrons. The second-order valence-corrected chi connectivity index (χ2v) is 9.69. The topological polar surface area (TPSA) is 73.1 Å². The number of carbonyl (C=O) groups excluding carboxylic acids is 1. The van der Waals surface area contributed by atoms with Crippen molar-refractivity contribution in [3.8, 4) is 0 Å². The third kappa shape index (κ3) is 5.04. The second kappa shape index (κ2) is 6.75. The molecule has 3 saturated heterocycles. The Morgan fingerprint density at radius 1 is 1.00 bits per heavy atom. The minimum Gasteiger partial charge on any atom is -0.431 e. The van der Waals surface area contributed by atoms with Crippen molar-refractivity contribution in [2.24, 2.45) is 0 Å². The van der Waals surface area contributed by atoms with E-state index < -0.39 is 11.8 Å². The SMILES string of the molecule is C=C[C@@]1(C)O[C@@H]1CC[C@@]1(C)O[C@@H]1CC[C@@]1(C)O[C@@H]1COC(=O)OC(C)(C)C. The number of hydrogen-bond donors (Lipinski definition) is 0. The van der Waals surface area contributed by atoms with Gasteiger partial charge < -0.3 is 23.7 Å². The predicted octanol–water partition coefficient (Wildman–Crippen LogP) is 4.16. The van der Waals surface area contributed by atoms with Crippen LogP contribution in [-0.4, -0.2) is 53.5 Å². The van der Waals surface area contributed by atoms with E-state index in [-0.39, 0.29) is 41.7 Å². The van der Waals surface area contributed by atoms with Crippen LogP contribution in [0.2, 0.25) is 0 Å². The maximum Gasteiger partial charge on any atom is 0.508 e. The largest absolute Gasteiger partial charge is 0.508 e. The molecule has 154 valence electrons. The van der Waals surface area contributed by atoms with Gasteiger partial charge in [0, 0.05) is 0 Å². The standard InChI is InChI=1S/C21H34O6/c1-8-19(5)14(24-19)9-11-20(6)15(25-20)10-12-21(7)16(26-21)13-23-17(22)27-18(2,3)4/h8,14-16H,1,9-13H2,2-7H3/t14-,15-,16-,19-,20-,21-/m1/s1. The summed E-state index contributed by atoms with van der Waals surface area (Å²) in [5, 5.41) is 0. The van der Waals surface area contributed by atoms with Gasteiger partial charge in [0.15, 0.2) is 0 Å². The quantitative estimate of drug-likeness (QED) is 0.339. The van der Waals surface area contributed by atoms with Gasteiger partial charge in [-0.2, -0.15) is 0 Å². The lowest BCUT2D eigenvalue weighted by atomic mass is 9.92. The van der Waals surface area contributed by atoms with E-state index in [9.17, 15) is 4.79 Å². The minimum absolute atomic E-state index is 0.0538. The zero-order valence-corrected chi connectivity index (χ0v) is 17.5. The van der Waals surface area contributed by atoms with Crippen LogP contribution in [0.4, 0.5) is 4.79 Å². The van der Waals surface area contributed by atoms with Gasteiger partial charge in [-0.05, 0) is 67.2 Å². The fourth-order valence-corrected chi connectivity index (χ4v) is 3.65. The molecular formula is C21H34O6. The van der Waals surface area contributed by atoms with Crippen LogP contribution in [0.1, 0.15) is 67.2 Å². The molecule has 0 spiro atoms. The normalized spacial score (nSPS) is 42.4. The van der Waals surface area contributed by atoms with Gasteiger partial charge in [0.1, 0.15) is 23.9 Å². The maximum atomic E-state index is 11.6. The van der Waals surface area contributed by atoms with E-state index in [2.05, 4.69) is 27.4 Å². The fraction of sp³-hybridized carbons (Fsp3) is 0.857. The summed E-state index contributed by atoms with van der Waals surface area (Å²) < 4.78 is 27.7. The molecule has 0 amide bonds. The zero-order valence-electron chi connectivity index (χ0n) is 17.5. The highest BCUT2D eigenvalue weighted by Crippen LogP contribution is 2.50. The molecule has 27 heavy (non-hydrogen) atoms. The summed E-state index contributed by atoms with van der Waals surface area (Å²) >= 11 is 0. The first-order valence-electron chi connectivity index (χ1n) is 9.92. The van der Waals surface area contributed by atoms with Crippen molar-refractivity contribution in [2.45, 2.75) is 108 Å². The van der Waals surface area contributed by atoms with E-state index in [4.69, 9.17) is 23.7 Å². The van der Waals surface area contributed by atoms with Crippen molar-refractivity contribution in [3.05, 3.63) is 12.7 Å². The van der Waals surface area contributed by atoms with Gasteiger partial charge >= 0.3 is 6.16 Å². The Labute approximate surface area is 162 Å². The van der Waals surface area contributed by atoms with E-state index >= 15 is 0 Å². The Morgan fingerprint density at radius 3 is 2.11 bits per heavy atom. The number of carbonyl (C=O) groups is 1. The van der Waals surface area contributed by atoms with Gasteiger partial charge in [-0.1, -0.05) is 6.08 Å². The Kier molecular flexibility index (Phi) is 5.15. The van der Waals surface area contributed by atoms with Crippen molar-refractivity contribution in [1.29, 1.82) is 0 Å². The molecule has 3 aliphatic rings. The van der Waals surface area contributed by atoms with Gasteiger partial charge in [-0.25, -0.2) is 4.79 Å². The number of ether oxygens (including phenoxy) is 5. The summed E-state index contributed by atoms with van der Waals surface area (Å²) in [4.78, 5) is 11.6. The molecule has 6 nitrogen and oxygen atoms in total. The second-order valence-electron chi connectivity index (χ2n) is 9.69.